The minimum Gasteiger partial charge on any atom is -0.379 e. The van der Waals surface area contributed by atoms with Crippen molar-refractivity contribution in [1.82, 2.24) is 18.6 Å². The lowest BCUT2D eigenvalue weighted by Gasteiger charge is -2.36. The van der Waals surface area contributed by atoms with Crippen molar-refractivity contribution >= 4 is 10.2 Å². The minimum absolute atomic E-state index is 0.261. The highest BCUT2D eigenvalue weighted by Crippen LogP contribution is 2.23. The Balaban J connectivity index is 1.73. The first-order valence-electron chi connectivity index (χ1n) is 7.30. The lowest BCUT2D eigenvalue weighted by atomic mass is 10.2. The third-order valence-corrected chi connectivity index (χ3v) is 5.78. The Kier molecular flexibility index (Phi) is 4.69. The molecule has 0 N–H and O–H groups in total. The summed E-state index contributed by atoms with van der Waals surface area (Å²) < 4.78 is 39.2. The molecule has 2 aliphatic heterocycles. The predicted molar refractivity (Wildman–Crippen MR) is 78.3 cm³/mol. The molecule has 9 heteroatoms. The van der Waals surface area contributed by atoms with Crippen molar-refractivity contribution in [2.45, 2.75) is 13.0 Å². The van der Waals surface area contributed by atoms with Gasteiger partial charge in [0, 0.05) is 32.4 Å². The maximum Gasteiger partial charge on any atom is 0.282 e. The predicted octanol–water partition coefficient (Wildman–Crippen LogP) is -0.265. The molecular formula is C13H20N4O4S. The molecule has 3 rings (SSSR count). The van der Waals surface area contributed by atoms with Gasteiger partial charge in [0.15, 0.2) is 0 Å². The molecule has 2 aliphatic rings. The van der Waals surface area contributed by atoms with Crippen molar-refractivity contribution in [3.8, 4) is 0 Å². The fourth-order valence-corrected chi connectivity index (χ4v) is 4.09. The molecule has 0 aliphatic carbocycles. The van der Waals surface area contributed by atoms with Gasteiger partial charge in [-0.1, -0.05) is 0 Å². The molecule has 0 unspecified atom stereocenters. The van der Waals surface area contributed by atoms with Gasteiger partial charge in [-0.2, -0.15) is 17.0 Å². The van der Waals surface area contributed by atoms with E-state index in [0.717, 1.165) is 5.69 Å². The number of aromatic nitrogens is 2. The van der Waals surface area contributed by atoms with Gasteiger partial charge in [0.05, 0.1) is 37.4 Å². The van der Waals surface area contributed by atoms with E-state index in [-0.39, 0.29) is 12.6 Å². The molecule has 2 saturated heterocycles. The van der Waals surface area contributed by atoms with E-state index in [4.69, 9.17) is 9.47 Å². The van der Waals surface area contributed by atoms with Gasteiger partial charge in [-0.15, -0.1) is 0 Å². The number of hydrogen-bond acceptors (Lipinski definition) is 6. The van der Waals surface area contributed by atoms with Crippen molar-refractivity contribution in [3.63, 3.8) is 0 Å². The quantitative estimate of drug-likeness (QED) is 0.760. The molecular weight excluding hydrogens is 308 g/mol. The van der Waals surface area contributed by atoms with E-state index in [9.17, 15) is 8.42 Å². The standard InChI is InChI=1S/C13H20N4O4S/c1-11-8-15-12(9-14-11)13-10-17(4-7-21-13)22(18,19)16-2-5-20-6-3-16/h8-9,13H,2-7,10H2,1H3/t13-/m1/s1. The maximum absolute atomic E-state index is 12.7. The molecule has 1 aromatic heterocycles. The van der Waals surface area contributed by atoms with Crippen LogP contribution in [0.5, 0.6) is 0 Å². The molecule has 2 fully saturated rings. The summed E-state index contributed by atoms with van der Waals surface area (Å²) in [5.41, 5.74) is 1.48. The van der Waals surface area contributed by atoms with E-state index in [1.807, 2.05) is 6.92 Å². The third kappa shape index (κ3) is 3.28. The largest absolute Gasteiger partial charge is 0.379 e. The van der Waals surface area contributed by atoms with Gasteiger partial charge in [0.2, 0.25) is 0 Å². The van der Waals surface area contributed by atoms with Crippen LogP contribution in [-0.2, 0) is 19.7 Å². The van der Waals surface area contributed by atoms with Crippen LogP contribution in [0.2, 0.25) is 0 Å². The Morgan fingerprint density at radius 3 is 2.50 bits per heavy atom. The van der Waals surface area contributed by atoms with E-state index in [1.54, 1.807) is 12.4 Å². The fraction of sp³-hybridized carbons (Fsp3) is 0.692. The molecule has 122 valence electrons. The summed E-state index contributed by atoms with van der Waals surface area (Å²) in [5, 5.41) is 0. The van der Waals surface area contributed by atoms with E-state index in [0.29, 0.717) is 45.1 Å². The summed E-state index contributed by atoms with van der Waals surface area (Å²) in [6, 6.07) is 0. The number of aryl methyl sites for hydroxylation is 1. The zero-order valence-corrected chi connectivity index (χ0v) is 13.3. The van der Waals surface area contributed by atoms with Crippen molar-refractivity contribution in [1.29, 1.82) is 0 Å². The first-order chi connectivity index (χ1) is 10.6. The van der Waals surface area contributed by atoms with E-state index >= 15 is 0 Å². The zero-order chi connectivity index (χ0) is 15.6. The molecule has 1 aromatic rings. The smallest absolute Gasteiger partial charge is 0.282 e. The fourth-order valence-electron chi connectivity index (χ4n) is 2.52. The van der Waals surface area contributed by atoms with Crippen LogP contribution in [0.1, 0.15) is 17.5 Å². The topological polar surface area (TPSA) is 84.9 Å². The van der Waals surface area contributed by atoms with Crippen molar-refractivity contribution in [3.05, 3.63) is 23.8 Å². The molecule has 22 heavy (non-hydrogen) atoms. The third-order valence-electron chi connectivity index (χ3n) is 3.78. The first kappa shape index (κ1) is 15.8. The maximum atomic E-state index is 12.7. The highest BCUT2D eigenvalue weighted by atomic mass is 32.2. The SMILES string of the molecule is Cc1cnc([C@H]2CN(S(=O)(=O)N3CCOCC3)CCO2)cn1. The van der Waals surface area contributed by atoms with Crippen molar-refractivity contribution < 1.29 is 17.9 Å². The summed E-state index contributed by atoms with van der Waals surface area (Å²) in [4.78, 5) is 8.48. The van der Waals surface area contributed by atoms with Crippen LogP contribution in [-0.4, -0.2) is 73.0 Å². The minimum atomic E-state index is -3.48. The van der Waals surface area contributed by atoms with Gasteiger partial charge in [-0.3, -0.25) is 9.97 Å². The van der Waals surface area contributed by atoms with Crippen LogP contribution in [0.25, 0.3) is 0 Å². The van der Waals surface area contributed by atoms with Gasteiger partial charge in [0.1, 0.15) is 6.10 Å². The normalized spacial score (nSPS) is 25.2. The monoisotopic (exact) mass is 328 g/mol. The lowest BCUT2D eigenvalue weighted by molar-refractivity contribution is -0.00865. The Hall–Kier alpha value is -1.13. The van der Waals surface area contributed by atoms with Crippen molar-refractivity contribution in [2.75, 3.05) is 46.0 Å². The number of rotatable bonds is 3. The molecule has 0 bridgehead atoms. The second-order valence-corrected chi connectivity index (χ2v) is 7.25. The second-order valence-electron chi connectivity index (χ2n) is 5.32. The van der Waals surface area contributed by atoms with Crippen LogP contribution in [0.15, 0.2) is 12.4 Å². The van der Waals surface area contributed by atoms with E-state index in [2.05, 4.69) is 9.97 Å². The van der Waals surface area contributed by atoms with Gasteiger partial charge in [0.25, 0.3) is 10.2 Å². The summed E-state index contributed by atoms with van der Waals surface area (Å²) in [5.74, 6) is 0. The van der Waals surface area contributed by atoms with Gasteiger partial charge >= 0.3 is 0 Å². The summed E-state index contributed by atoms with van der Waals surface area (Å²) in [6.45, 7) is 4.50. The molecule has 3 heterocycles. The number of nitrogens with zero attached hydrogens (tertiary/aromatic N) is 4. The summed E-state index contributed by atoms with van der Waals surface area (Å²) in [7, 11) is -3.48. The van der Waals surface area contributed by atoms with Gasteiger partial charge in [-0.25, -0.2) is 0 Å². The highest BCUT2D eigenvalue weighted by Gasteiger charge is 2.35. The molecule has 0 spiro atoms. The van der Waals surface area contributed by atoms with Crippen LogP contribution < -0.4 is 0 Å². The molecule has 1 atom stereocenters. The Morgan fingerprint density at radius 2 is 1.82 bits per heavy atom. The number of hydrogen-bond donors (Lipinski definition) is 0. The first-order valence-corrected chi connectivity index (χ1v) is 8.70. The van der Waals surface area contributed by atoms with Crippen LogP contribution in [0, 0.1) is 6.92 Å². The Bertz CT molecular complexity index is 601. The van der Waals surface area contributed by atoms with Crippen LogP contribution >= 0.6 is 0 Å². The summed E-state index contributed by atoms with van der Waals surface area (Å²) in [6.07, 6.45) is 2.93. The molecule has 0 radical (unpaired) electrons. The Morgan fingerprint density at radius 1 is 1.09 bits per heavy atom. The van der Waals surface area contributed by atoms with Crippen LogP contribution in [0.3, 0.4) is 0 Å². The number of morpholine rings is 2. The van der Waals surface area contributed by atoms with Crippen LogP contribution in [0.4, 0.5) is 0 Å². The Labute approximate surface area is 130 Å². The van der Waals surface area contributed by atoms with Gasteiger partial charge < -0.3 is 9.47 Å². The second kappa shape index (κ2) is 6.55. The van der Waals surface area contributed by atoms with E-state index < -0.39 is 10.2 Å². The molecule has 0 amide bonds. The highest BCUT2D eigenvalue weighted by molar-refractivity contribution is 7.86. The van der Waals surface area contributed by atoms with Crippen molar-refractivity contribution in [2.24, 2.45) is 0 Å². The average molecular weight is 328 g/mol. The summed E-state index contributed by atoms with van der Waals surface area (Å²) >= 11 is 0. The van der Waals surface area contributed by atoms with Gasteiger partial charge in [-0.05, 0) is 6.92 Å². The van der Waals surface area contributed by atoms with E-state index in [1.165, 1.54) is 8.61 Å². The average Bonchev–Trinajstić information content (AvgIpc) is 2.56. The number of ether oxygens (including phenoxy) is 2. The molecule has 0 aromatic carbocycles. The molecule has 0 saturated carbocycles. The molecule has 8 nitrogen and oxygen atoms in total. The lowest BCUT2D eigenvalue weighted by Crippen LogP contribution is -2.52. The zero-order valence-electron chi connectivity index (χ0n) is 12.5.